The summed E-state index contributed by atoms with van der Waals surface area (Å²) in [4.78, 5) is 0. The summed E-state index contributed by atoms with van der Waals surface area (Å²) in [6.07, 6.45) is 1.75. The van der Waals surface area contributed by atoms with Gasteiger partial charge in [0.25, 0.3) is 0 Å². The van der Waals surface area contributed by atoms with Gasteiger partial charge in [-0.1, -0.05) is 19.4 Å². The maximum absolute atomic E-state index is 13.5. The SMILES string of the molecule is CCCc1nn(C)c(NCc2ccc(F)cc2F)c1N. The lowest BCUT2D eigenvalue weighted by Gasteiger charge is -2.08. The van der Waals surface area contributed by atoms with Gasteiger partial charge in [-0.15, -0.1) is 0 Å². The zero-order valence-electron chi connectivity index (χ0n) is 11.6. The number of anilines is 2. The van der Waals surface area contributed by atoms with Crippen molar-refractivity contribution in [2.45, 2.75) is 26.3 Å². The summed E-state index contributed by atoms with van der Waals surface area (Å²) in [7, 11) is 1.78. The van der Waals surface area contributed by atoms with Gasteiger partial charge in [0.2, 0.25) is 0 Å². The molecular weight excluding hydrogens is 262 g/mol. The minimum absolute atomic E-state index is 0.224. The second-order valence-electron chi connectivity index (χ2n) is 4.67. The minimum Gasteiger partial charge on any atom is -0.394 e. The van der Waals surface area contributed by atoms with Gasteiger partial charge in [-0.25, -0.2) is 8.78 Å². The molecule has 108 valence electrons. The van der Waals surface area contributed by atoms with Crippen LogP contribution in [0.15, 0.2) is 18.2 Å². The van der Waals surface area contributed by atoms with Crippen molar-refractivity contribution in [3.05, 3.63) is 41.1 Å². The van der Waals surface area contributed by atoms with Crippen LogP contribution in [0, 0.1) is 11.6 Å². The van der Waals surface area contributed by atoms with E-state index in [9.17, 15) is 8.78 Å². The number of halogens is 2. The normalized spacial score (nSPS) is 10.8. The number of rotatable bonds is 5. The number of nitrogens with two attached hydrogens (primary N) is 1. The summed E-state index contributed by atoms with van der Waals surface area (Å²) < 4.78 is 28.0. The number of benzene rings is 1. The van der Waals surface area contributed by atoms with Crippen molar-refractivity contribution in [1.82, 2.24) is 9.78 Å². The second-order valence-corrected chi connectivity index (χ2v) is 4.67. The van der Waals surface area contributed by atoms with Gasteiger partial charge in [-0.3, -0.25) is 4.68 Å². The lowest BCUT2D eigenvalue weighted by atomic mass is 10.2. The third kappa shape index (κ3) is 2.89. The zero-order valence-corrected chi connectivity index (χ0v) is 11.6. The highest BCUT2D eigenvalue weighted by molar-refractivity contribution is 5.65. The van der Waals surface area contributed by atoms with E-state index in [4.69, 9.17) is 5.73 Å². The average Bonchev–Trinajstić information content (AvgIpc) is 2.65. The summed E-state index contributed by atoms with van der Waals surface area (Å²) in [5.41, 5.74) is 7.81. The van der Waals surface area contributed by atoms with Gasteiger partial charge < -0.3 is 11.1 Å². The molecule has 0 radical (unpaired) electrons. The monoisotopic (exact) mass is 280 g/mol. The van der Waals surface area contributed by atoms with Crippen molar-refractivity contribution in [1.29, 1.82) is 0 Å². The Morgan fingerprint density at radius 3 is 2.75 bits per heavy atom. The van der Waals surface area contributed by atoms with Crippen molar-refractivity contribution in [3.63, 3.8) is 0 Å². The molecule has 20 heavy (non-hydrogen) atoms. The van der Waals surface area contributed by atoms with E-state index >= 15 is 0 Å². The van der Waals surface area contributed by atoms with Crippen LogP contribution in [0.5, 0.6) is 0 Å². The van der Waals surface area contributed by atoms with E-state index in [-0.39, 0.29) is 6.54 Å². The molecule has 0 aliphatic carbocycles. The number of nitrogen functional groups attached to an aromatic ring is 1. The molecule has 0 bridgehead atoms. The first-order chi connectivity index (χ1) is 9.52. The topological polar surface area (TPSA) is 55.9 Å². The molecule has 2 aromatic rings. The van der Waals surface area contributed by atoms with Crippen molar-refractivity contribution in [3.8, 4) is 0 Å². The van der Waals surface area contributed by atoms with Crippen LogP contribution in [0.2, 0.25) is 0 Å². The third-order valence-electron chi connectivity index (χ3n) is 3.11. The molecule has 1 aromatic carbocycles. The molecule has 0 unspecified atom stereocenters. The molecule has 0 fully saturated rings. The Balaban J connectivity index is 2.14. The highest BCUT2D eigenvalue weighted by atomic mass is 19.1. The Morgan fingerprint density at radius 2 is 2.10 bits per heavy atom. The molecule has 0 spiro atoms. The summed E-state index contributed by atoms with van der Waals surface area (Å²) in [5, 5.41) is 7.37. The third-order valence-corrected chi connectivity index (χ3v) is 3.11. The first-order valence-corrected chi connectivity index (χ1v) is 6.52. The predicted molar refractivity (Wildman–Crippen MR) is 75.3 cm³/mol. The number of aromatic nitrogens is 2. The minimum atomic E-state index is -0.587. The molecule has 1 aromatic heterocycles. The highest BCUT2D eigenvalue weighted by Crippen LogP contribution is 2.24. The number of aryl methyl sites for hydroxylation is 2. The molecular formula is C14H18F2N4. The van der Waals surface area contributed by atoms with Crippen LogP contribution in [0.3, 0.4) is 0 Å². The number of hydrogen-bond acceptors (Lipinski definition) is 3. The van der Waals surface area contributed by atoms with Gasteiger partial charge in [0.05, 0.1) is 11.4 Å². The number of nitrogens with zero attached hydrogens (tertiary/aromatic N) is 2. The van der Waals surface area contributed by atoms with Gasteiger partial charge in [0.1, 0.15) is 17.5 Å². The molecule has 0 aliphatic rings. The van der Waals surface area contributed by atoms with Gasteiger partial charge in [0, 0.05) is 25.2 Å². The molecule has 4 nitrogen and oxygen atoms in total. The van der Waals surface area contributed by atoms with Crippen molar-refractivity contribution < 1.29 is 8.78 Å². The van der Waals surface area contributed by atoms with Crippen LogP contribution in [0.25, 0.3) is 0 Å². The van der Waals surface area contributed by atoms with E-state index in [1.165, 1.54) is 12.1 Å². The van der Waals surface area contributed by atoms with Crippen molar-refractivity contribution in [2.75, 3.05) is 11.1 Å². The van der Waals surface area contributed by atoms with Crippen molar-refractivity contribution >= 4 is 11.5 Å². The molecule has 2 rings (SSSR count). The maximum atomic E-state index is 13.5. The number of hydrogen-bond donors (Lipinski definition) is 2. The Hall–Kier alpha value is -2.11. The van der Waals surface area contributed by atoms with Crippen LogP contribution in [0.4, 0.5) is 20.3 Å². The second kappa shape index (κ2) is 5.90. The van der Waals surface area contributed by atoms with Crippen LogP contribution >= 0.6 is 0 Å². The lowest BCUT2D eigenvalue weighted by Crippen LogP contribution is -2.07. The van der Waals surface area contributed by atoms with E-state index in [2.05, 4.69) is 17.3 Å². The predicted octanol–water partition coefficient (Wildman–Crippen LogP) is 2.85. The Kier molecular flexibility index (Phi) is 4.22. The summed E-state index contributed by atoms with van der Waals surface area (Å²) in [6.45, 7) is 2.27. The van der Waals surface area contributed by atoms with E-state index in [0.717, 1.165) is 24.6 Å². The maximum Gasteiger partial charge on any atom is 0.148 e. The van der Waals surface area contributed by atoms with Crippen LogP contribution in [0.1, 0.15) is 24.6 Å². The summed E-state index contributed by atoms with van der Waals surface area (Å²) in [6, 6.07) is 3.51. The van der Waals surface area contributed by atoms with Crippen LogP contribution < -0.4 is 11.1 Å². The average molecular weight is 280 g/mol. The van der Waals surface area contributed by atoms with Gasteiger partial charge in [0.15, 0.2) is 0 Å². The summed E-state index contributed by atoms with van der Waals surface area (Å²) in [5.74, 6) is -0.513. The number of nitrogens with one attached hydrogen (secondary N) is 1. The quantitative estimate of drug-likeness (QED) is 0.885. The van der Waals surface area contributed by atoms with Crippen LogP contribution in [-0.4, -0.2) is 9.78 Å². The fraction of sp³-hybridized carbons (Fsp3) is 0.357. The molecule has 0 saturated heterocycles. The van der Waals surface area contributed by atoms with Gasteiger partial charge in [-0.2, -0.15) is 5.10 Å². The van der Waals surface area contributed by atoms with Gasteiger partial charge >= 0.3 is 0 Å². The van der Waals surface area contributed by atoms with Gasteiger partial charge in [-0.05, 0) is 12.5 Å². The summed E-state index contributed by atoms with van der Waals surface area (Å²) >= 11 is 0. The highest BCUT2D eigenvalue weighted by Gasteiger charge is 2.13. The zero-order chi connectivity index (χ0) is 14.7. The Morgan fingerprint density at radius 1 is 1.35 bits per heavy atom. The largest absolute Gasteiger partial charge is 0.394 e. The fourth-order valence-corrected chi connectivity index (χ4v) is 2.07. The van der Waals surface area contributed by atoms with E-state index in [1.54, 1.807) is 11.7 Å². The van der Waals surface area contributed by atoms with E-state index in [1.807, 2.05) is 0 Å². The van der Waals surface area contributed by atoms with E-state index in [0.29, 0.717) is 17.1 Å². The Labute approximate surface area is 116 Å². The standard InChI is InChI=1S/C14H18F2N4/c1-3-4-12-13(17)14(20(2)19-12)18-8-9-5-6-10(15)7-11(9)16/h5-7,18H,3-4,8,17H2,1-2H3. The van der Waals surface area contributed by atoms with E-state index < -0.39 is 11.6 Å². The smallest absolute Gasteiger partial charge is 0.148 e. The van der Waals surface area contributed by atoms with Crippen molar-refractivity contribution in [2.24, 2.45) is 7.05 Å². The molecule has 0 amide bonds. The molecule has 1 heterocycles. The lowest BCUT2D eigenvalue weighted by molar-refractivity contribution is 0.573. The first-order valence-electron chi connectivity index (χ1n) is 6.52. The molecule has 3 N–H and O–H groups in total. The molecule has 0 aliphatic heterocycles. The Bertz CT molecular complexity index is 607. The first kappa shape index (κ1) is 14.3. The molecule has 6 heteroatoms. The molecule has 0 atom stereocenters. The molecule has 0 saturated carbocycles. The van der Waals surface area contributed by atoms with Crippen LogP contribution in [-0.2, 0) is 20.0 Å². The fourth-order valence-electron chi connectivity index (χ4n) is 2.07.